The first-order valence-electron chi connectivity index (χ1n) is 8.86. The van der Waals surface area contributed by atoms with Crippen LogP contribution in [0.2, 0.25) is 0 Å². The van der Waals surface area contributed by atoms with Crippen LogP contribution in [0.3, 0.4) is 0 Å². The molecule has 2 aliphatic rings. The molecule has 0 unspecified atom stereocenters. The number of carbonyl (C=O) groups is 1. The van der Waals surface area contributed by atoms with Gasteiger partial charge in [-0.1, -0.05) is 24.3 Å². The zero-order valence-electron chi connectivity index (χ0n) is 14.7. The van der Waals surface area contributed by atoms with Crippen molar-refractivity contribution in [2.75, 3.05) is 13.1 Å². The number of hydrogen-bond donors (Lipinski definition) is 1. The van der Waals surface area contributed by atoms with Gasteiger partial charge in [-0.15, -0.1) is 0 Å². The summed E-state index contributed by atoms with van der Waals surface area (Å²) in [5, 5.41) is 7.06. The Labute approximate surface area is 147 Å². The van der Waals surface area contributed by atoms with Crippen molar-refractivity contribution in [1.82, 2.24) is 15.1 Å². The van der Waals surface area contributed by atoms with E-state index in [0.29, 0.717) is 12.1 Å². The lowest BCUT2D eigenvalue weighted by Crippen LogP contribution is -2.38. The number of H-pyrrole nitrogens is 1. The van der Waals surface area contributed by atoms with Crippen molar-refractivity contribution in [3.63, 3.8) is 0 Å². The molecule has 1 aromatic carbocycles. The van der Waals surface area contributed by atoms with Gasteiger partial charge >= 0.3 is 0 Å². The van der Waals surface area contributed by atoms with E-state index >= 15 is 0 Å². The predicted octanol–water partition coefficient (Wildman–Crippen LogP) is 3.50. The number of fused-ring (bicyclic) bond motifs is 1. The number of amides is 1. The number of para-hydroxylation sites is 1. The Hall–Kier alpha value is -2.56. The Morgan fingerprint density at radius 1 is 1.24 bits per heavy atom. The van der Waals surface area contributed by atoms with Gasteiger partial charge in [0.1, 0.15) is 11.4 Å². The maximum Gasteiger partial charge on any atom is 0.257 e. The third kappa shape index (κ3) is 2.84. The first-order chi connectivity index (χ1) is 12.1. The molecule has 1 amide bonds. The topological polar surface area (TPSA) is 58.2 Å². The maximum absolute atomic E-state index is 12.9. The quantitative estimate of drug-likeness (QED) is 0.866. The van der Waals surface area contributed by atoms with Crippen molar-refractivity contribution in [1.29, 1.82) is 0 Å². The van der Waals surface area contributed by atoms with Gasteiger partial charge in [-0.2, -0.15) is 5.10 Å². The zero-order valence-corrected chi connectivity index (χ0v) is 14.7. The van der Waals surface area contributed by atoms with Crippen LogP contribution in [0.5, 0.6) is 5.75 Å². The summed E-state index contributed by atoms with van der Waals surface area (Å²) in [7, 11) is 0. The SMILES string of the molecule is Cc1n[nH]c(C)c1C(=O)N1CCC[C@@]2(C=Cc3ccccc3O2)CC1. The summed E-state index contributed by atoms with van der Waals surface area (Å²) in [6.45, 7) is 5.22. The average molecular weight is 337 g/mol. The van der Waals surface area contributed by atoms with Gasteiger partial charge in [0.15, 0.2) is 0 Å². The highest BCUT2D eigenvalue weighted by molar-refractivity contribution is 5.96. The molecule has 1 N–H and O–H groups in total. The molecule has 1 saturated heterocycles. The van der Waals surface area contributed by atoms with Crippen molar-refractivity contribution in [3.05, 3.63) is 52.9 Å². The van der Waals surface area contributed by atoms with Crippen molar-refractivity contribution in [2.45, 2.75) is 38.7 Å². The van der Waals surface area contributed by atoms with Gasteiger partial charge in [0.25, 0.3) is 5.91 Å². The van der Waals surface area contributed by atoms with E-state index in [1.165, 1.54) is 0 Å². The summed E-state index contributed by atoms with van der Waals surface area (Å²) in [6, 6.07) is 8.11. The third-order valence-corrected chi connectivity index (χ3v) is 5.26. The Morgan fingerprint density at radius 2 is 2.08 bits per heavy atom. The molecule has 1 fully saturated rings. The highest BCUT2D eigenvalue weighted by Crippen LogP contribution is 2.37. The Kier molecular flexibility index (Phi) is 3.86. The minimum atomic E-state index is -0.302. The molecule has 1 spiro atoms. The second-order valence-electron chi connectivity index (χ2n) is 6.99. The summed E-state index contributed by atoms with van der Waals surface area (Å²) in [6.07, 6.45) is 6.98. The molecule has 1 atom stereocenters. The zero-order chi connectivity index (χ0) is 17.4. The summed E-state index contributed by atoms with van der Waals surface area (Å²) < 4.78 is 6.36. The van der Waals surface area contributed by atoms with E-state index in [1.54, 1.807) is 0 Å². The lowest BCUT2D eigenvalue weighted by Gasteiger charge is -2.34. The molecule has 2 aliphatic heterocycles. The van der Waals surface area contributed by atoms with Crippen LogP contribution in [0, 0.1) is 13.8 Å². The first kappa shape index (κ1) is 15.9. The lowest BCUT2D eigenvalue weighted by molar-refractivity contribution is 0.0729. The highest BCUT2D eigenvalue weighted by Gasteiger charge is 2.36. The number of benzene rings is 1. The normalized spacial score (nSPS) is 22.4. The number of aryl methyl sites for hydroxylation is 2. The summed E-state index contributed by atoms with van der Waals surface area (Å²) in [5.74, 6) is 1.01. The van der Waals surface area contributed by atoms with Crippen LogP contribution in [0.15, 0.2) is 30.3 Å². The van der Waals surface area contributed by atoms with Crippen molar-refractivity contribution in [2.24, 2.45) is 0 Å². The van der Waals surface area contributed by atoms with E-state index in [9.17, 15) is 4.79 Å². The van der Waals surface area contributed by atoms with E-state index in [-0.39, 0.29) is 11.5 Å². The predicted molar refractivity (Wildman–Crippen MR) is 96.7 cm³/mol. The molecule has 0 radical (unpaired) electrons. The van der Waals surface area contributed by atoms with Gasteiger partial charge in [-0.05, 0) is 38.8 Å². The van der Waals surface area contributed by atoms with Gasteiger partial charge in [0.2, 0.25) is 0 Å². The van der Waals surface area contributed by atoms with E-state index in [1.807, 2.05) is 36.9 Å². The van der Waals surface area contributed by atoms with Crippen LogP contribution < -0.4 is 4.74 Å². The molecule has 25 heavy (non-hydrogen) atoms. The largest absolute Gasteiger partial charge is 0.483 e. The molecule has 2 aromatic rings. The lowest BCUT2D eigenvalue weighted by atomic mass is 9.91. The molecule has 4 rings (SSSR count). The number of aromatic amines is 1. The fourth-order valence-electron chi connectivity index (χ4n) is 3.83. The van der Waals surface area contributed by atoms with Gasteiger partial charge in [0, 0.05) is 30.8 Å². The summed E-state index contributed by atoms with van der Waals surface area (Å²) in [4.78, 5) is 14.9. The van der Waals surface area contributed by atoms with Crippen molar-refractivity contribution >= 4 is 12.0 Å². The number of likely N-dealkylation sites (tertiary alicyclic amines) is 1. The Balaban J connectivity index is 1.53. The standard InChI is InChI=1S/C20H23N3O2/c1-14-18(15(2)22-21-14)19(24)23-12-5-9-20(11-13-23)10-8-16-6-3-4-7-17(16)25-20/h3-4,6-8,10H,5,9,11-13H2,1-2H3,(H,21,22)/t20-/m1/s1. The van der Waals surface area contributed by atoms with Gasteiger partial charge in [-0.3, -0.25) is 9.89 Å². The smallest absolute Gasteiger partial charge is 0.257 e. The molecular weight excluding hydrogens is 314 g/mol. The second kappa shape index (κ2) is 6.06. The molecule has 0 bridgehead atoms. The molecule has 5 nitrogen and oxygen atoms in total. The summed E-state index contributed by atoms with van der Waals surface area (Å²) >= 11 is 0. The van der Waals surface area contributed by atoms with Gasteiger partial charge in [-0.25, -0.2) is 0 Å². The number of nitrogens with one attached hydrogen (secondary N) is 1. The van der Waals surface area contributed by atoms with Crippen LogP contribution in [0.4, 0.5) is 0 Å². The van der Waals surface area contributed by atoms with Gasteiger partial charge < -0.3 is 9.64 Å². The fraction of sp³-hybridized carbons (Fsp3) is 0.400. The number of rotatable bonds is 1. The van der Waals surface area contributed by atoms with E-state index in [2.05, 4.69) is 28.4 Å². The van der Waals surface area contributed by atoms with Crippen molar-refractivity contribution in [3.8, 4) is 5.75 Å². The second-order valence-corrected chi connectivity index (χ2v) is 6.99. The van der Waals surface area contributed by atoms with Gasteiger partial charge in [0.05, 0.1) is 11.3 Å². The van der Waals surface area contributed by atoms with Crippen LogP contribution in [-0.4, -0.2) is 39.7 Å². The average Bonchev–Trinajstić information content (AvgIpc) is 2.83. The Bertz CT molecular complexity index is 820. The van der Waals surface area contributed by atoms with Crippen LogP contribution in [0.1, 0.15) is 46.6 Å². The number of nitrogens with zero attached hydrogens (tertiary/aromatic N) is 2. The third-order valence-electron chi connectivity index (χ3n) is 5.26. The monoisotopic (exact) mass is 337 g/mol. The van der Waals surface area contributed by atoms with Crippen LogP contribution >= 0.6 is 0 Å². The molecule has 1 aromatic heterocycles. The minimum absolute atomic E-state index is 0.0704. The van der Waals surface area contributed by atoms with Crippen LogP contribution in [-0.2, 0) is 0 Å². The highest BCUT2D eigenvalue weighted by atomic mass is 16.5. The summed E-state index contributed by atoms with van der Waals surface area (Å²) in [5.41, 5.74) is 3.13. The molecule has 130 valence electrons. The van der Waals surface area contributed by atoms with E-state index in [0.717, 1.165) is 48.5 Å². The maximum atomic E-state index is 12.9. The fourth-order valence-corrected chi connectivity index (χ4v) is 3.83. The van der Waals surface area contributed by atoms with Crippen LogP contribution in [0.25, 0.3) is 6.08 Å². The molecule has 0 aliphatic carbocycles. The molecule has 0 saturated carbocycles. The molecule has 5 heteroatoms. The molecular formula is C20H23N3O2. The minimum Gasteiger partial charge on any atom is -0.483 e. The van der Waals surface area contributed by atoms with Crippen molar-refractivity contribution < 1.29 is 9.53 Å². The van der Waals surface area contributed by atoms with E-state index < -0.39 is 0 Å². The Morgan fingerprint density at radius 3 is 2.88 bits per heavy atom. The number of ether oxygens (including phenoxy) is 1. The first-order valence-corrected chi connectivity index (χ1v) is 8.86. The number of aromatic nitrogens is 2. The number of carbonyl (C=O) groups excluding carboxylic acids is 1. The number of hydrogen-bond acceptors (Lipinski definition) is 3. The van der Waals surface area contributed by atoms with E-state index in [4.69, 9.17) is 4.74 Å². The molecule has 3 heterocycles.